The lowest BCUT2D eigenvalue weighted by atomic mass is 9.81. The van der Waals surface area contributed by atoms with Gasteiger partial charge in [-0.05, 0) is 12.0 Å². The Kier molecular flexibility index (Phi) is 1.01. The van der Waals surface area contributed by atoms with Crippen LogP contribution in [0.15, 0.2) is 23.4 Å². The maximum Gasteiger partial charge on any atom is 0.156 e. The summed E-state index contributed by atoms with van der Waals surface area (Å²) in [6.45, 7) is 1.79. The van der Waals surface area contributed by atoms with Crippen molar-refractivity contribution in [2.45, 2.75) is 12.5 Å². The first kappa shape index (κ1) is 7.23. The Morgan fingerprint density at radius 1 is 1.43 bits per heavy atom. The minimum atomic E-state index is -0.174. The molecular formula is C11H12N2O. The van der Waals surface area contributed by atoms with E-state index >= 15 is 0 Å². The fourth-order valence-electron chi connectivity index (χ4n) is 3.46. The second kappa shape index (κ2) is 1.96. The SMILES string of the molecule is O=C1C2CNC3=CCC4NCC=C4C132. The molecule has 4 rings (SSSR count). The second-order valence-corrected chi connectivity index (χ2v) is 4.58. The molecule has 0 radical (unpaired) electrons. The van der Waals surface area contributed by atoms with Gasteiger partial charge in [0.1, 0.15) is 5.41 Å². The number of carbonyl (C=O) groups is 1. The lowest BCUT2D eigenvalue weighted by Crippen LogP contribution is -2.34. The number of nitrogens with one attached hydrogen (secondary N) is 2. The Morgan fingerprint density at radius 3 is 3.21 bits per heavy atom. The van der Waals surface area contributed by atoms with E-state index in [2.05, 4.69) is 22.8 Å². The van der Waals surface area contributed by atoms with E-state index in [0.29, 0.717) is 11.8 Å². The fraction of sp³-hybridized carbons (Fsp3) is 0.545. The second-order valence-electron chi connectivity index (χ2n) is 4.58. The van der Waals surface area contributed by atoms with Crippen molar-refractivity contribution in [3.05, 3.63) is 23.4 Å². The molecule has 3 unspecified atom stereocenters. The molecule has 1 saturated heterocycles. The molecule has 0 aromatic heterocycles. The third kappa shape index (κ3) is 0.531. The van der Waals surface area contributed by atoms with Crippen LogP contribution >= 0.6 is 0 Å². The van der Waals surface area contributed by atoms with Crippen LogP contribution in [0, 0.1) is 11.3 Å². The predicted octanol–water partition coefficient (Wildman–Crippen LogP) is -0.0393. The molecule has 14 heavy (non-hydrogen) atoms. The number of hydrogen-bond acceptors (Lipinski definition) is 3. The van der Waals surface area contributed by atoms with E-state index in [0.717, 1.165) is 19.5 Å². The number of hydrogen-bond donors (Lipinski definition) is 2. The molecule has 0 bridgehead atoms. The van der Waals surface area contributed by atoms with Crippen molar-refractivity contribution in [1.29, 1.82) is 0 Å². The average molecular weight is 188 g/mol. The molecule has 1 spiro atoms. The summed E-state index contributed by atoms with van der Waals surface area (Å²) in [5.74, 6) is 0.699. The number of piperidine rings is 1. The third-order valence-corrected chi connectivity index (χ3v) is 4.14. The van der Waals surface area contributed by atoms with Gasteiger partial charge in [-0.15, -0.1) is 0 Å². The quantitative estimate of drug-likeness (QED) is 0.524. The number of rotatable bonds is 0. The summed E-state index contributed by atoms with van der Waals surface area (Å²) in [5, 5.41) is 6.79. The zero-order chi connectivity index (χ0) is 9.34. The molecule has 4 aliphatic rings. The molecule has 2 aliphatic heterocycles. The number of allylic oxidation sites excluding steroid dienone is 1. The van der Waals surface area contributed by atoms with Gasteiger partial charge in [0.25, 0.3) is 0 Å². The van der Waals surface area contributed by atoms with E-state index in [1.807, 2.05) is 0 Å². The van der Waals surface area contributed by atoms with Crippen molar-refractivity contribution in [2.75, 3.05) is 13.1 Å². The van der Waals surface area contributed by atoms with Crippen LogP contribution in [-0.4, -0.2) is 24.9 Å². The van der Waals surface area contributed by atoms with Crippen molar-refractivity contribution < 1.29 is 4.79 Å². The normalized spacial score (nSPS) is 47.3. The van der Waals surface area contributed by atoms with E-state index in [1.54, 1.807) is 0 Å². The smallest absolute Gasteiger partial charge is 0.156 e. The van der Waals surface area contributed by atoms with Gasteiger partial charge < -0.3 is 10.6 Å². The highest BCUT2D eigenvalue weighted by molar-refractivity contribution is 6.12. The molecule has 0 aromatic carbocycles. The summed E-state index contributed by atoms with van der Waals surface area (Å²) in [6, 6.07) is 0.438. The van der Waals surface area contributed by atoms with E-state index in [4.69, 9.17) is 0 Å². The largest absolute Gasteiger partial charge is 0.387 e. The molecule has 2 aliphatic carbocycles. The summed E-state index contributed by atoms with van der Waals surface area (Å²) in [4.78, 5) is 11.8. The van der Waals surface area contributed by atoms with Crippen LogP contribution in [0.4, 0.5) is 0 Å². The average Bonchev–Trinajstić information content (AvgIpc) is 2.67. The number of fused-ring (bicyclic) bond motifs is 1. The zero-order valence-electron chi connectivity index (χ0n) is 7.84. The molecule has 3 nitrogen and oxygen atoms in total. The first-order chi connectivity index (χ1) is 6.85. The van der Waals surface area contributed by atoms with Crippen LogP contribution in [0.1, 0.15) is 6.42 Å². The van der Waals surface area contributed by atoms with Gasteiger partial charge in [-0.25, -0.2) is 0 Å². The minimum Gasteiger partial charge on any atom is -0.387 e. The van der Waals surface area contributed by atoms with Crippen molar-refractivity contribution in [1.82, 2.24) is 10.6 Å². The summed E-state index contributed by atoms with van der Waals surface area (Å²) in [7, 11) is 0. The van der Waals surface area contributed by atoms with E-state index in [1.165, 1.54) is 11.3 Å². The van der Waals surface area contributed by atoms with Crippen molar-refractivity contribution in [2.24, 2.45) is 11.3 Å². The highest BCUT2D eigenvalue weighted by Crippen LogP contribution is 2.64. The fourth-order valence-corrected chi connectivity index (χ4v) is 3.46. The predicted molar refractivity (Wildman–Crippen MR) is 51.5 cm³/mol. The summed E-state index contributed by atoms with van der Waals surface area (Å²) >= 11 is 0. The molecule has 0 amide bonds. The molecule has 2 N–H and O–H groups in total. The van der Waals surface area contributed by atoms with Crippen LogP contribution in [0.5, 0.6) is 0 Å². The molecule has 3 atom stereocenters. The van der Waals surface area contributed by atoms with E-state index < -0.39 is 0 Å². The van der Waals surface area contributed by atoms with E-state index in [-0.39, 0.29) is 11.3 Å². The molecule has 2 heterocycles. The highest BCUT2D eigenvalue weighted by Gasteiger charge is 2.73. The Balaban J connectivity index is 1.95. The molecular weight excluding hydrogens is 176 g/mol. The van der Waals surface area contributed by atoms with Crippen molar-refractivity contribution >= 4 is 5.78 Å². The van der Waals surface area contributed by atoms with Gasteiger partial charge in [0, 0.05) is 24.8 Å². The van der Waals surface area contributed by atoms with Crippen molar-refractivity contribution in [3.63, 3.8) is 0 Å². The molecule has 3 heteroatoms. The topological polar surface area (TPSA) is 41.1 Å². The third-order valence-electron chi connectivity index (χ3n) is 4.14. The maximum atomic E-state index is 11.8. The van der Waals surface area contributed by atoms with E-state index in [9.17, 15) is 4.79 Å². The number of Topliss-reactive ketones (excluding diaryl/α,β-unsaturated/α-hetero) is 1. The number of ketones is 1. The van der Waals surface area contributed by atoms with Gasteiger partial charge in [-0.2, -0.15) is 0 Å². The van der Waals surface area contributed by atoms with Gasteiger partial charge in [-0.1, -0.05) is 12.2 Å². The lowest BCUT2D eigenvalue weighted by Gasteiger charge is -2.27. The van der Waals surface area contributed by atoms with Crippen LogP contribution in [0.25, 0.3) is 0 Å². The van der Waals surface area contributed by atoms with Crippen LogP contribution < -0.4 is 10.6 Å². The maximum absolute atomic E-state index is 11.8. The monoisotopic (exact) mass is 188 g/mol. The first-order valence-corrected chi connectivity index (χ1v) is 5.28. The van der Waals surface area contributed by atoms with Crippen molar-refractivity contribution in [3.8, 4) is 0 Å². The summed E-state index contributed by atoms with van der Waals surface area (Å²) < 4.78 is 0. The molecule has 2 fully saturated rings. The molecule has 1 saturated carbocycles. The lowest BCUT2D eigenvalue weighted by molar-refractivity contribution is -0.113. The minimum absolute atomic E-state index is 0.174. The number of carbonyl (C=O) groups excluding carboxylic acids is 1. The molecule has 0 aromatic rings. The van der Waals surface area contributed by atoms with Crippen LogP contribution in [-0.2, 0) is 4.79 Å². The standard InChI is InChI=1S/C11H12N2O/c14-10-7-5-13-9-2-1-8-6(3-4-12-8)11(7,9)10/h2-3,7-8,12-13H,1,4-5H2. The summed E-state index contributed by atoms with van der Waals surface area (Å²) in [5.41, 5.74) is 2.38. The van der Waals surface area contributed by atoms with Crippen LogP contribution in [0.2, 0.25) is 0 Å². The Labute approximate surface area is 82.2 Å². The van der Waals surface area contributed by atoms with Gasteiger partial charge in [0.15, 0.2) is 5.78 Å². The summed E-state index contributed by atoms with van der Waals surface area (Å²) in [6.07, 6.45) is 5.48. The Morgan fingerprint density at radius 2 is 2.36 bits per heavy atom. The van der Waals surface area contributed by atoms with Gasteiger partial charge in [-0.3, -0.25) is 4.79 Å². The zero-order valence-corrected chi connectivity index (χ0v) is 7.84. The Bertz CT molecular complexity index is 410. The Hall–Kier alpha value is -1.09. The first-order valence-electron chi connectivity index (χ1n) is 5.28. The van der Waals surface area contributed by atoms with Gasteiger partial charge in [0.2, 0.25) is 0 Å². The van der Waals surface area contributed by atoms with Gasteiger partial charge >= 0.3 is 0 Å². The molecule has 72 valence electrons. The highest BCUT2D eigenvalue weighted by atomic mass is 16.1. The van der Waals surface area contributed by atoms with Gasteiger partial charge in [0.05, 0.1) is 5.92 Å². The van der Waals surface area contributed by atoms with Crippen LogP contribution in [0.3, 0.4) is 0 Å².